The standard InChI is InChI=1S/C24H21F2N5OS/c25-16-7-3-8-17(26)19(16)24-30-20(23(28)32)22(33-24)15-11-29-18-9-2-1-6-14(18)21(15)31-10-4-5-13(27)12-31/h1-3,6-9,11,13H,4-5,10,12,27H2,(H2,28,32)/t13-/m0/s1. The first-order chi connectivity index (χ1) is 15.9. The van der Waals surface area contributed by atoms with E-state index in [1.807, 2.05) is 24.3 Å². The SMILES string of the molecule is NC(=O)c1nc(-c2c(F)cccc2F)sc1-c1cnc2ccccc2c1N1CCC[C@H](N)C1. The molecule has 6 nitrogen and oxygen atoms in total. The van der Waals surface area contributed by atoms with Gasteiger partial charge in [0.05, 0.1) is 21.6 Å². The first-order valence-electron chi connectivity index (χ1n) is 10.6. The summed E-state index contributed by atoms with van der Waals surface area (Å²) >= 11 is 1.02. The van der Waals surface area contributed by atoms with E-state index in [0.29, 0.717) is 17.0 Å². The number of amides is 1. The molecule has 0 bridgehead atoms. The van der Waals surface area contributed by atoms with Gasteiger partial charge in [-0.15, -0.1) is 11.3 Å². The fourth-order valence-electron chi connectivity index (χ4n) is 4.33. The zero-order valence-corrected chi connectivity index (χ0v) is 18.4. The number of pyridine rings is 1. The Morgan fingerprint density at radius 3 is 2.61 bits per heavy atom. The molecule has 1 aliphatic heterocycles. The van der Waals surface area contributed by atoms with Gasteiger partial charge in [0.15, 0.2) is 0 Å². The highest BCUT2D eigenvalue weighted by atomic mass is 32.1. The van der Waals surface area contributed by atoms with Gasteiger partial charge < -0.3 is 16.4 Å². The third-order valence-electron chi connectivity index (χ3n) is 5.80. The monoisotopic (exact) mass is 465 g/mol. The summed E-state index contributed by atoms with van der Waals surface area (Å²) < 4.78 is 29.0. The summed E-state index contributed by atoms with van der Waals surface area (Å²) in [5.41, 5.74) is 13.9. The van der Waals surface area contributed by atoms with E-state index >= 15 is 0 Å². The summed E-state index contributed by atoms with van der Waals surface area (Å²) in [6, 6.07) is 11.3. The van der Waals surface area contributed by atoms with E-state index in [4.69, 9.17) is 11.5 Å². The number of para-hydroxylation sites is 1. The Morgan fingerprint density at radius 1 is 1.12 bits per heavy atom. The molecule has 1 fully saturated rings. The molecule has 4 N–H and O–H groups in total. The number of benzene rings is 2. The van der Waals surface area contributed by atoms with Gasteiger partial charge in [-0.3, -0.25) is 9.78 Å². The summed E-state index contributed by atoms with van der Waals surface area (Å²) in [7, 11) is 0. The fraction of sp³-hybridized carbons (Fsp3) is 0.208. The number of nitrogens with zero attached hydrogens (tertiary/aromatic N) is 3. The molecule has 1 amide bonds. The average Bonchev–Trinajstić information content (AvgIpc) is 3.23. The van der Waals surface area contributed by atoms with Crippen LogP contribution in [-0.4, -0.2) is 35.0 Å². The van der Waals surface area contributed by atoms with Crippen LogP contribution in [0, 0.1) is 11.6 Å². The zero-order chi connectivity index (χ0) is 23.1. The van der Waals surface area contributed by atoms with Crippen molar-refractivity contribution in [1.29, 1.82) is 0 Å². The highest BCUT2D eigenvalue weighted by Gasteiger charge is 2.28. The molecule has 9 heteroatoms. The van der Waals surface area contributed by atoms with Gasteiger partial charge in [0.1, 0.15) is 22.3 Å². The van der Waals surface area contributed by atoms with Crippen molar-refractivity contribution in [3.63, 3.8) is 0 Å². The maximum Gasteiger partial charge on any atom is 0.268 e. The molecule has 0 radical (unpaired) electrons. The lowest BCUT2D eigenvalue weighted by atomic mass is 10.0. The van der Waals surface area contributed by atoms with E-state index in [-0.39, 0.29) is 22.3 Å². The molecule has 33 heavy (non-hydrogen) atoms. The van der Waals surface area contributed by atoms with Crippen molar-refractivity contribution in [2.45, 2.75) is 18.9 Å². The number of piperidine rings is 1. The third kappa shape index (κ3) is 3.83. The van der Waals surface area contributed by atoms with Crippen molar-refractivity contribution in [3.05, 3.63) is 66.0 Å². The van der Waals surface area contributed by atoms with Crippen molar-refractivity contribution in [3.8, 4) is 21.0 Å². The zero-order valence-electron chi connectivity index (χ0n) is 17.6. The maximum absolute atomic E-state index is 14.5. The Morgan fingerprint density at radius 2 is 1.88 bits per heavy atom. The number of hydrogen-bond acceptors (Lipinski definition) is 6. The van der Waals surface area contributed by atoms with Gasteiger partial charge in [0, 0.05) is 36.3 Å². The minimum absolute atomic E-state index is 0.0127. The van der Waals surface area contributed by atoms with Crippen LogP contribution in [-0.2, 0) is 0 Å². The maximum atomic E-state index is 14.5. The van der Waals surface area contributed by atoms with Gasteiger partial charge in [-0.2, -0.15) is 0 Å². The first-order valence-corrected chi connectivity index (χ1v) is 11.4. The Hall–Kier alpha value is -3.43. The molecule has 1 atom stereocenters. The molecule has 0 saturated carbocycles. The predicted octanol–water partition coefficient (Wildman–Crippen LogP) is 4.33. The normalized spacial score (nSPS) is 16.3. The molecule has 1 aliphatic rings. The number of hydrogen-bond donors (Lipinski definition) is 2. The Bertz CT molecular complexity index is 1350. The van der Waals surface area contributed by atoms with Crippen LogP contribution in [0.25, 0.3) is 31.9 Å². The molecule has 2 aromatic heterocycles. The van der Waals surface area contributed by atoms with Crippen molar-refractivity contribution in [2.24, 2.45) is 11.5 Å². The van der Waals surface area contributed by atoms with Crippen molar-refractivity contribution < 1.29 is 13.6 Å². The van der Waals surface area contributed by atoms with Crippen molar-refractivity contribution in [2.75, 3.05) is 18.0 Å². The van der Waals surface area contributed by atoms with Crippen LogP contribution < -0.4 is 16.4 Å². The molecule has 168 valence electrons. The van der Waals surface area contributed by atoms with Crippen LogP contribution in [0.3, 0.4) is 0 Å². The second-order valence-electron chi connectivity index (χ2n) is 8.04. The van der Waals surface area contributed by atoms with Crippen molar-refractivity contribution in [1.82, 2.24) is 9.97 Å². The van der Waals surface area contributed by atoms with Crippen LogP contribution >= 0.6 is 11.3 Å². The summed E-state index contributed by atoms with van der Waals surface area (Å²) in [5.74, 6) is -2.30. The summed E-state index contributed by atoms with van der Waals surface area (Å²) in [4.78, 5) is 23.8. The Balaban J connectivity index is 1.77. The number of carbonyl (C=O) groups excluding carboxylic acids is 1. The van der Waals surface area contributed by atoms with Crippen LogP contribution in [0.5, 0.6) is 0 Å². The Kier molecular flexibility index (Phi) is 5.51. The van der Waals surface area contributed by atoms with Gasteiger partial charge in [0.2, 0.25) is 0 Å². The second-order valence-corrected chi connectivity index (χ2v) is 9.04. The first kappa shape index (κ1) is 21.4. The van der Waals surface area contributed by atoms with E-state index in [9.17, 15) is 13.6 Å². The molecule has 1 saturated heterocycles. The fourth-order valence-corrected chi connectivity index (χ4v) is 5.46. The van der Waals surface area contributed by atoms with Gasteiger partial charge in [-0.25, -0.2) is 13.8 Å². The van der Waals surface area contributed by atoms with Crippen LogP contribution in [0.15, 0.2) is 48.7 Å². The number of primary amides is 1. The number of carbonyl (C=O) groups is 1. The lowest BCUT2D eigenvalue weighted by molar-refractivity contribution is 0.0997. The number of nitrogens with two attached hydrogens (primary N) is 2. The summed E-state index contributed by atoms with van der Waals surface area (Å²) in [5, 5.41) is 0.940. The van der Waals surface area contributed by atoms with E-state index in [2.05, 4.69) is 14.9 Å². The number of halogens is 2. The second kappa shape index (κ2) is 8.49. The van der Waals surface area contributed by atoms with E-state index in [1.165, 1.54) is 6.07 Å². The van der Waals surface area contributed by atoms with Gasteiger partial charge >= 0.3 is 0 Å². The molecule has 5 rings (SSSR count). The van der Waals surface area contributed by atoms with E-state index in [0.717, 1.165) is 59.4 Å². The largest absolute Gasteiger partial charge is 0.369 e. The molecule has 0 aliphatic carbocycles. The number of thiazole rings is 1. The molecule has 4 aromatic rings. The molecule has 0 unspecified atom stereocenters. The van der Waals surface area contributed by atoms with Crippen LogP contribution in [0.4, 0.5) is 14.5 Å². The smallest absolute Gasteiger partial charge is 0.268 e. The third-order valence-corrected chi connectivity index (χ3v) is 6.91. The molecule has 0 spiro atoms. The number of rotatable bonds is 4. The Labute approximate surface area is 192 Å². The van der Waals surface area contributed by atoms with E-state index < -0.39 is 17.5 Å². The predicted molar refractivity (Wildman–Crippen MR) is 126 cm³/mol. The van der Waals surface area contributed by atoms with E-state index in [1.54, 1.807) is 6.20 Å². The quantitative estimate of drug-likeness (QED) is 0.468. The van der Waals surface area contributed by atoms with Crippen LogP contribution in [0.1, 0.15) is 23.3 Å². The minimum Gasteiger partial charge on any atom is -0.369 e. The molecular weight excluding hydrogens is 444 g/mol. The van der Waals surface area contributed by atoms with Gasteiger partial charge in [-0.05, 0) is 31.0 Å². The van der Waals surface area contributed by atoms with Gasteiger partial charge in [0.25, 0.3) is 5.91 Å². The molecular formula is C24H21F2N5OS. The number of fused-ring (bicyclic) bond motifs is 1. The molecule has 2 aromatic carbocycles. The minimum atomic E-state index is -0.779. The van der Waals surface area contributed by atoms with Crippen molar-refractivity contribution >= 4 is 33.8 Å². The highest BCUT2D eigenvalue weighted by molar-refractivity contribution is 7.18. The summed E-state index contributed by atoms with van der Waals surface area (Å²) in [6.07, 6.45) is 3.52. The topological polar surface area (TPSA) is 98.1 Å². The molecule has 3 heterocycles. The lowest BCUT2D eigenvalue weighted by Gasteiger charge is -2.34. The van der Waals surface area contributed by atoms with Crippen LogP contribution in [0.2, 0.25) is 0 Å². The summed E-state index contributed by atoms with van der Waals surface area (Å²) in [6.45, 7) is 1.43. The number of anilines is 1. The number of aromatic nitrogens is 2. The average molecular weight is 466 g/mol. The van der Waals surface area contributed by atoms with Gasteiger partial charge in [-0.1, -0.05) is 24.3 Å². The lowest BCUT2D eigenvalue weighted by Crippen LogP contribution is -2.43. The highest BCUT2D eigenvalue weighted by Crippen LogP contribution is 2.44.